The lowest BCUT2D eigenvalue weighted by Crippen LogP contribution is -2.49. The van der Waals surface area contributed by atoms with Gasteiger partial charge in [0.1, 0.15) is 5.75 Å². The number of ketones is 1. The Kier molecular flexibility index (Phi) is 6.65. The minimum absolute atomic E-state index is 0.0112. The summed E-state index contributed by atoms with van der Waals surface area (Å²) in [5.74, 6) is 0.387. The second-order valence-electron chi connectivity index (χ2n) is 7.28. The van der Waals surface area contributed by atoms with Crippen LogP contribution in [0.15, 0.2) is 54.6 Å². The van der Waals surface area contributed by atoms with Crippen LogP contribution in [0.5, 0.6) is 5.75 Å². The minimum Gasteiger partial charge on any atom is -0.481 e. The summed E-state index contributed by atoms with van der Waals surface area (Å²) >= 11 is 0. The van der Waals surface area contributed by atoms with Gasteiger partial charge in [-0.25, -0.2) is 0 Å². The summed E-state index contributed by atoms with van der Waals surface area (Å²) < 4.78 is 5.74. The fraction of sp³-hybridized carbons (Fsp3) is 0.348. The first-order valence-electron chi connectivity index (χ1n) is 9.86. The third-order valence-electron chi connectivity index (χ3n) is 5.10. The number of hydrogen-bond acceptors (Lipinski definition) is 4. The number of benzene rings is 2. The number of rotatable bonds is 6. The lowest BCUT2D eigenvalue weighted by atomic mass is 10.0. The summed E-state index contributed by atoms with van der Waals surface area (Å²) in [4.78, 5) is 38.1. The van der Waals surface area contributed by atoms with Crippen LogP contribution in [0.25, 0.3) is 0 Å². The Morgan fingerprint density at radius 2 is 1.59 bits per heavy atom. The van der Waals surface area contributed by atoms with E-state index in [9.17, 15) is 14.4 Å². The Bertz CT molecular complexity index is 856. The molecule has 1 heterocycles. The Labute approximate surface area is 170 Å². The Balaban J connectivity index is 1.47. The summed E-state index contributed by atoms with van der Waals surface area (Å²) in [6.45, 7) is 4.39. The lowest BCUT2D eigenvalue weighted by molar-refractivity contribution is -0.139. The number of nitrogens with zero attached hydrogens (tertiary/aromatic N) is 1. The molecule has 0 radical (unpaired) electrons. The summed E-state index contributed by atoms with van der Waals surface area (Å²) in [5.41, 5.74) is 1.25. The first kappa shape index (κ1) is 20.6. The Hall–Kier alpha value is -3.15. The van der Waals surface area contributed by atoms with Crippen LogP contribution in [0, 0.1) is 0 Å². The predicted octanol–water partition coefficient (Wildman–Crippen LogP) is 3.08. The van der Waals surface area contributed by atoms with Gasteiger partial charge < -0.3 is 15.0 Å². The van der Waals surface area contributed by atoms with E-state index in [1.807, 2.05) is 18.2 Å². The molecule has 1 aliphatic rings. The molecule has 29 heavy (non-hydrogen) atoms. The highest BCUT2D eigenvalue weighted by Crippen LogP contribution is 2.17. The van der Waals surface area contributed by atoms with Gasteiger partial charge in [0.15, 0.2) is 11.9 Å². The van der Waals surface area contributed by atoms with Gasteiger partial charge in [-0.05, 0) is 63.1 Å². The van der Waals surface area contributed by atoms with E-state index >= 15 is 0 Å². The fourth-order valence-electron chi connectivity index (χ4n) is 3.38. The SMILES string of the molecule is CC(=O)c1ccc(O[C@H](C)C(=O)N2CCC(NC(=O)c3ccccc3)CC2)cc1. The first-order chi connectivity index (χ1) is 13.9. The quantitative estimate of drug-likeness (QED) is 0.764. The molecule has 0 aromatic heterocycles. The average molecular weight is 394 g/mol. The number of nitrogens with one attached hydrogen (secondary N) is 1. The van der Waals surface area contributed by atoms with Gasteiger partial charge >= 0.3 is 0 Å². The van der Waals surface area contributed by atoms with E-state index < -0.39 is 6.10 Å². The number of hydrogen-bond donors (Lipinski definition) is 1. The van der Waals surface area contributed by atoms with Gasteiger partial charge in [-0.15, -0.1) is 0 Å². The van der Waals surface area contributed by atoms with E-state index in [4.69, 9.17) is 4.74 Å². The topological polar surface area (TPSA) is 75.7 Å². The van der Waals surface area contributed by atoms with Crippen molar-refractivity contribution in [3.63, 3.8) is 0 Å². The van der Waals surface area contributed by atoms with Crippen molar-refractivity contribution in [3.05, 3.63) is 65.7 Å². The summed E-state index contributed by atoms with van der Waals surface area (Å²) in [6, 6.07) is 16.0. The number of Topliss-reactive ketones (excluding diaryl/α,β-unsaturated/α-hetero) is 1. The van der Waals surface area contributed by atoms with Gasteiger partial charge in [0.25, 0.3) is 11.8 Å². The minimum atomic E-state index is -0.617. The number of likely N-dealkylation sites (tertiary alicyclic amines) is 1. The maximum Gasteiger partial charge on any atom is 0.263 e. The zero-order valence-electron chi connectivity index (χ0n) is 16.8. The van der Waals surface area contributed by atoms with Crippen LogP contribution in [0.4, 0.5) is 0 Å². The van der Waals surface area contributed by atoms with Crippen molar-refractivity contribution in [2.24, 2.45) is 0 Å². The molecule has 152 valence electrons. The van der Waals surface area contributed by atoms with Crippen LogP contribution in [0.1, 0.15) is 47.4 Å². The van der Waals surface area contributed by atoms with Gasteiger partial charge in [0.05, 0.1) is 0 Å². The van der Waals surface area contributed by atoms with E-state index in [0.717, 1.165) is 0 Å². The lowest BCUT2D eigenvalue weighted by Gasteiger charge is -2.33. The van der Waals surface area contributed by atoms with Gasteiger partial charge in [-0.2, -0.15) is 0 Å². The van der Waals surface area contributed by atoms with Gasteiger partial charge in [0.2, 0.25) is 0 Å². The van der Waals surface area contributed by atoms with Crippen molar-refractivity contribution in [1.29, 1.82) is 0 Å². The van der Waals surface area contributed by atoms with E-state index in [1.165, 1.54) is 6.92 Å². The Morgan fingerprint density at radius 3 is 2.17 bits per heavy atom. The van der Waals surface area contributed by atoms with Crippen LogP contribution < -0.4 is 10.1 Å². The van der Waals surface area contributed by atoms with Crippen molar-refractivity contribution >= 4 is 17.6 Å². The maximum absolute atomic E-state index is 12.7. The molecular weight excluding hydrogens is 368 g/mol. The van der Waals surface area contributed by atoms with Crippen LogP contribution >= 0.6 is 0 Å². The van der Waals surface area contributed by atoms with Crippen LogP contribution in [0.2, 0.25) is 0 Å². The molecule has 0 bridgehead atoms. The highest BCUT2D eigenvalue weighted by Gasteiger charge is 2.27. The van der Waals surface area contributed by atoms with E-state index in [-0.39, 0.29) is 23.6 Å². The van der Waals surface area contributed by atoms with Gasteiger partial charge in [-0.3, -0.25) is 14.4 Å². The molecule has 1 aliphatic heterocycles. The van der Waals surface area contributed by atoms with Crippen LogP contribution in [-0.2, 0) is 4.79 Å². The van der Waals surface area contributed by atoms with Crippen molar-refractivity contribution in [1.82, 2.24) is 10.2 Å². The van der Waals surface area contributed by atoms with Gasteiger partial charge in [-0.1, -0.05) is 18.2 Å². The second kappa shape index (κ2) is 9.37. The van der Waals surface area contributed by atoms with Crippen molar-refractivity contribution in [2.45, 2.75) is 38.8 Å². The molecule has 0 aliphatic carbocycles. The highest BCUT2D eigenvalue weighted by atomic mass is 16.5. The standard InChI is InChI=1S/C23H26N2O4/c1-16(26)18-8-10-21(11-9-18)29-17(2)23(28)25-14-12-20(13-15-25)24-22(27)19-6-4-3-5-7-19/h3-11,17,20H,12-15H2,1-2H3,(H,24,27)/t17-/m1/s1. The Morgan fingerprint density at radius 1 is 0.966 bits per heavy atom. The van der Waals surface area contributed by atoms with Gasteiger partial charge in [0, 0.05) is 30.3 Å². The second-order valence-corrected chi connectivity index (χ2v) is 7.28. The molecule has 1 fully saturated rings. The fourth-order valence-corrected chi connectivity index (χ4v) is 3.38. The van der Waals surface area contributed by atoms with E-state index in [1.54, 1.807) is 48.2 Å². The predicted molar refractivity (Wildman–Crippen MR) is 110 cm³/mol. The monoisotopic (exact) mass is 394 g/mol. The molecule has 3 rings (SSSR count). The van der Waals surface area contributed by atoms with Crippen molar-refractivity contribution in [2.75, 3.05) is 13.1 Å². The van der Waals surface area contributed by atoms with Crippen molar-refractivity contribution in [3.8, 4) is 5.75 Å². The number of carbonyl (C=O) groups is 3. The molecular formula is C23H26N2O4. The third-order valence-corrected chi connectivity index (χ3v) is 5.10. The van der Waals surface area contributed by atoms with E-state index in [0.29, 0.717) is 42.8 Å². The number of carbonyl (C=O) groups excluding carboxylic acids is 3. The summed E-state index contributed by atoms with van der Waals surface area (Å²) in [5, 5.41) is 3.04. The molecule has 6 heteroatoms. The van der Waals surface area contributed by atoms with Crippen molar-refractivity contribution < 1.29 is 19.1 Å². The number of piperidine rings is 1. The molecule has 0 spiro atoms. The zero-order valence-corrected chi connectivity index (χ0v) is 16.8. The number of ether oxygens (including phenoxy) is 1. The zero-order chi connectivity index (χ0) is 20.8. The maximum atomic E-state index is 12.7. The van der Waals surface area contributed by atoms with Crippen LogP contribution in [0.3, 0.4) is 0 Å². The molecule has 2 amide bonds. The smallest absolute Gasteiger partial charge is 0.263 e. The molecule has 0 saturated carbocycles. The van der Waals surface area contributed by atoms with Crippen LogP contribution in [-0.4, -0.2) is 47.7 Å². The molecule has 2 aromatic rings. The summed E-state index contributed by atoms with van der Waals surface area (Å²) in [6.07, 6.45) is 0.808. The highest BCUT2D eigenvalue weighted by molar-refractivity contribution is 5.94. The third kappa shape index (κ3) is 5.44. The largest absolute Gasteiger partial charge is 0.481 e. The summed E-state index contributed by atoms with van der Waals surface area (Å²) in [7, 11) is 0. The normalized spacial score (nSPS) is 15.4. The first-order valence-corrected chi connectivity index (χ1v) is 9.86. The molecule has 6 nitrogen and oxygen atoms in total. The molecule has 2 aromatic carbocycles. The van der Waals surface area contributed by atoms with E-state index in [2.05, 4.69) is 5.32 Å². The molecule has 1 atom stereocenters. The molecule has 1 saturated heterocycles. The molecule has 1 N–H and O–H groups in total. The molecule has 0 unspecified atom stereocenters. The number of amides is 2. The average Bonchev–Trinajstić information content (AvgIpc) is 2.74.